The zero-order valence-corrected chi connectivity index (χ0v) is 13.4. The normalized spacial score (nSPS) is 24.3. The molecule has 0 bridgehead atoms. The standard InChI is InChI=1S/C18H15BrN2O/c19-14-8-6-12(7-9-14)15-10-18(22,17(21)16(15)11-20)13-4-2-1-3-5-13/h1-9,15,22H,10,21H2/t15-,18-/m1/s1. The molecule has 2 aromatic carbocycles. The molecule has 3 nitrogen and oxygen atoms in total. The van der Waals surface area contributed by atoms with Crippen LogP contribution in [-0.2, 0) is 5.60 Å². The van der Waals surface area contributed by atoms with Crippen LogP contribution >= 0.6 is 15.9 Å². The monoisotopic (exact) mass is 354 g/mol. The highest BCUT2D eigenvalue weighted by Gasteiger charge is 2.45. The van der Waals surface area contributed by atoms with Gasteiger partial charge in [0.1, 0.15) is 5.60 Å². The zero-order chi connectivity index (χ0) is 15.7. The minimum Gasteiger partial charge on any atom is -0.399 e. The van der Waals surface area contributed by atoms with E-state index in [0.717, 1.165) is 15.6 Å². The Balaban J connectivity index is 2.07. The molecule has 0 saturated heterocycles. The van der Waals surface area contributed by atoms with Crippen molar-refractivity contribution in [1.82, 2.24) is 0 Å². The van der Waals surface area contributed by atoms with Crippen molar-refractivity contribution in [3.8, 4) is 6.07 Å². The Morgan fingerprint density at radius 2 is 1.77 bits per heavy atom. The fourth-order valence-electron chi connectivity index (χ4n) is 3.02. The van der Waals surface area contributed by atoms with Crippen molar-refractivity contribution < 1.29 is 5.11 Å². The highest BCUT2D eigenvalue weighted by atomic mass is 79.9. The molecule has 0 heterocycles. The summed E-state index contributed by atoms with van der Waals surface area (Å²) in [5.41, 5.74) is 7.28. The van der Waals surface area contributed by atoms with E-state index in [9.17, 15) is 10.4 Å². The first kappa shape index (κ1) is 14.8. The van der Waals surface area contributed by atoms with E-state index >= 15 is 0 Å². The summed E-state index contributed by atoms with van der Waals surface area (Å²) in [6.45, 7) is 0. The van der Waals surface area contributed by atoms with Crippen molar-refractivity contribution in [2.45, 2.75) is 17.9 Å². The highest BCUT2D eigenvalue weighted by Crippen LogP contribution is 2.48. The fourth-order valence-corrected chi connectivity index (χ4v) is 3.29. The van der Waals surface area contributed by atoms with Gasteiger partial charge in [0.15, 0.2) is 0 Å². The summed E-state index contributed by atoms with van der Waals surface area (Å²) >= 11 is 3.41. The van der Waals surface area contributed by atoms with E-state index in [2.05, 4.69) is 22.0 Å². The molecule has 0 fully saturated rings. The molecule has 0 unspecified atom stereocenters. The van der Waals surface area contributed by atoms with Gasteiger partial charge >= 0.3 is 0 Å². The molecule has 0 saturated carbocycles. The topological polar surface area (TPSA) is 70.0 Å². The van der Waals surface area contributed by atoms with Crippen LogP contribution in [0.4, 0.5) is 0 Å². The Labute approximate surface area is 137 Å². The van der Waals surface area contributed by atoms with E-state index in [-0.39, 0.29) is 11.6 Å². The van der Waals surface area contributed by atoms with Crippen LogP contribution < -0.4 is 5.73 Å². The minimum absolute atomic E-state index is 0.191. The maximum Gasteiger partial charge on any atom is 0.131 e. The lowest BCUT2D eigenvalue weighted by molar-refractivity contribution is 0.0724. The van der Waals surface area contributed by atoms with Gasteiger partial charge < -0.3 is 10.8 Å². The van der Waals surface area contributed by atoms with Gasteiger partial charge in [0.25, 0.3) is 0 Å². The van der Waals surface area contributed by atoms with Crippen molar-refractivity contribution in [3.63, 3.8) is 0 Å². The van der Waals surface area contributed by atoms with Gasteiger partial charge in [-0.1, -0.05) is 58.4 Å². The molecule has 110 valence electrons. The molecule has 3 rings (SSSR count). The first-order valence-corrected chi connectivity index (χ1v) is 7.79. The lowest BCUT2D eigenvalue weighted by Crippen LogP contribution is -2.29. The Kier molecular flexibility index (Phi) is 3.78. The summed E-state index contributed by atoms with van der Waals surface area (Å²) in [4.78, 5) is 0. The molecule has 4 heteroatoms. The smallest absolute Gasteiger partial charge is 0.131 e. The fraction of sp³-hybridized carbons (Fsp3) is 0.167. The van der Waals surface area contributed by atoms with Crippen molar-refractivity contribution in [3.05, 3.63) is 81.5 Å². The van der Waals surface area contributed by atoms with Gasteiger partial charge in [0.05, 0.1) is 17.3 Å². The van der Waals surface area contributed by atoms with Crippen LogP contribution in [0.5, 0.6) is 0 Å². The summed E-state index contributed by atoms with van der Waals surface area (Å²) in [6, 6.07) is 19.2. The number of hydrogen-bond acceptors (Lipinski definition) is 3. The summed E-state index contributed by atoms with van der Waals surface area (Å²) in [7, 11) is 0. The van der Waals surface area contributed by atoms with Crippen LogP contribution in [0.15, 0.2) is 70.3 Å². The first-order valence-electron chi connectivity index (χ1n) is 7.00. The predicted molar refractivity (Wildman–Crippen MR) is 88.7 cm³/mol. The Morgan fingerprint density at radius 3 is 2.36 bits per heavy atom. The maximum absolute atomic E-state index is 11.1. The van der Waals surface area contributed by atoms with Crippen molar-refractivity contribution in [1.29, 1.82) is 5.26 Å². The number of nitrogens with zero attached hydrogens (tertiary/aromatic N) is 1. The SMILES string of the molecule is N#CC1=C(N)[C@](O)(c2ccccc2)C[C@@H]1c1ccc(Br)cc1. The molecular weight excluding hydrogens is 340 g/mol. The number of nitriles is 1. The number of allylic oxidation sites excluding steroid dienone is 1. The second-order valence-electron chi connectivity index (χ2n) is 5.47. The molecule has 2 aromatic rings. The van der Waals surface area contributed by atoms with E-state index < -0.39 is 5.60 Å². The first-order chi connectivity index (χ1) is 10.6. The van der Waals surface area contributed by atoms with Crippen molar-refractivity contribution >= 4 is 15.9 Å². The van der Waals surface area contributed by atoms with Gasteiger partial charge in [0.2, 0.25) is 0 Å². The maximum atomic E-state index is 11.1. The number of benzene rings is 2. The quantitative estimate of drug-likeness (QED) is 0.865. The van der Waals surface area contributed by atoms with Gasteiger partial charge in [0, 0.05) is 10.4 Å². The third kappa shape index (κ3) is 2.33. The highest BCUT2D eigenvalue weighted by molar-refractivity contribution is 9.10. The molecule has 3 N–H and O–H groups in total. The number of aliphatic hydroxyl groups is 1. The Morgan fingerprint density at radius 1 is 1.14 bits per heavy atom. The predicted octanol–water partition coefficient (Wildman–Crippen LogP) is 3.56. The second-order valence-corrected chi connectivity index (χ2v) is 6.39. The molecule has 1 aliphatic rings. The third-order valence-electron chi connectivity index (χ3n) is 4.23. The van der Waals surface area contributed by atoms with Crippen LogP contribution in [0.2, 0.25) is 0 Å². The summed E-state index contributed by atoms with van der Waals surface area (Å²) in [5, 5.41) is 20.6. The lowest BCUT2D eigenvalue weighted by Gasteiger charge is -2.25. The number of halogens is 1. The van der Waals surface area contributed by atoms with Crippen LogP contribution in [0.1, 0.15) is 23.5 Å². The Hall–Kier alpha value is -2.09. The van der Waals surface area contributed by atoms with Gasteiger partial charge in [-0.3, -0.25) is 0 Å². The third-order valence-corrected chi connectivity index (χ3v) is 4.76. The molecule has 1 aliphatic carbocycles. The summed E-state index contributed by atoms with van der Waals surface area (Å²) < 4.78 is 0.975. The second kappa shape index (κ2) is 5.60. The molecule has 0 aromatic heterocycles. The van der Waals surface area contributed by atoms with E-state index in [4.69, 9.17) is 5.73 Å². The van der Waals surface area contributed by atoms with Gasteiger partial charge in [-0.25, -0.2) is 0 Å². The van der Waals surface area contributed by atoms with Crippen LogP contribution in [-0.4, -0.2) is 5.11 Å². The van der Waals surface area contributed by atoms with Gasteiger partial charge in [-0.05, 0) is 29.7 Å². The van der Waals surface area contributed by atoms with E-state index in [1.807, 2.05) is 54.6 Å². The molecular formula is C18H15BrN2O. The van der Waals surface area contributed by atoms with Crippen LogP contribution in [0, 0.1) is 11.3 Å². The van der Waals surface area contributed by atoms with E-state index in [1.54, 1.807) is 0 Å². The number of nitrogens with two attached hydrogens (primary N) is 1. The lowest BCUT2D eigenvalue weighted by atomic mass is 9.86. The zero-order valence-electron chi connectivity index (χ0n) is 11.8. The average molecular weight is 355 g/mol. The molecule has 0 amide bonds. The molecule has 0 spiro atoms. The van der Waals surface area contributed by atoms with Crippen molar-refractivity contribution in [2.24, 2.45) is 5.73 Å². The number of hydrogen-bond donors (Lipinski definition) is 2. The van der Waals surface area contributed by atoms with Crippen LogP contribution in [0.25, 0.3) is 0 Å². The van der Waals surface area contributed by atoms with Crippen LogP contribution in [0.3, 0.4) is 0 Å². The molecule has 2 atom stereocenters. The van der Waals surface area contributed by atoms with E-state index in [1.165, 1.54) is 0 Å². The average Bonchev–Trinajstić information content (AvgIpc) is 2.81. The molecule has 0 radical (unpaired) electrons. The van der Waals surface area contributed by atoms with Gasteiger partial charge in [-0.15, -0.1) is 0 Å². The summed E-state index contributed by atoms with van der Waals surface area (Å²) in [5.74, 6) is -0.191. The molecule has 0 aliphatic heterocycles. The minimum atomic E-state index is -1.29. The van der Waals surface area contributed by atoms with Gasteiger partial charge in [-0.2, -0.15) is 5.26 Å². The number of rotatable bonds is 2. The van der Waals surface area contributed by atoms with E-state index in [0.29, 0.717) is 12.0 Å². The largest absolute Gasteiger partial charge is 0.399 e. The van der Waals surface area contributed by atoms with Crippen molar-refractivity contribution in [2.75, 3.05) is 0 Å². The molecule has 22 heavy (non-hydrogen) atoms. The Bertz CT molecular complexity index is 762. The summed E-state index contributed by atoms with van der Waals surface area (Å²) in [6.07, 6.45) is 0.382.